The van der Waals surface area contributed by atoms with Crippen LogP contribution in [0.4, 0.5) is 0 Å². The molecular formula is C13H16BrN. The summed E-state index contributed by atoms with van der Waals surface area (Å²) in [6.07, 6.45) is 4.43. The molecule has 1 aliphatic rings. The number of halogens is 1. The fourth-order valence-electron chi connectivity index (χ4n) is 2.07. The van der Waals surface area contributed by atoms with Gasteiger partial charge < -0.3 is 5.32 Å². The molecular weight excluding hydrogens is 250 g/mol. The van der Waals surface area contributed by atoms with Crippen LogP contribution < -0.4 is 5.32 Å². The van der Waals surface area contributed by atoms with Crippen molar-refractivity contribution in [3.05, 3.63) is 47.0 Å². The first kappa shape index (κ1) is 10.9. The quantitative estimate of drug-likeness (QED) is 0.823. The second-order valence-electron chi connectivity index (χ2n) is 4.12. The first-order chi connectivity index (χ1) is 7.29. The zero-order chi connectivity index (χ0) is 10.7. The Morgan fingerprint density at radius 1 is 1.47 bits per heavy atom. The van der Waals surface area contributed by atoms with Crippen molar-refractivity contribution in [3.63, 3.8) is 0 Å². The van der Waals surface area contributed by atoms with Gasteiger partial charge in [-0.1, -0.05) is 34.1 Å². The second kappa shape index (κ2) is 4.95. The molecule has 1 aromatic carbocycles. The molecule has 80 valence electrons. The summed E-state index contributed by atoms with van der Waals surface area (Å²) < 4.78 is 1.18. The van der Waals surface area contributed by atoms with E-state index in [9.17, 15) is 0 Å². The monoisotopic (exact) mass is 265 g/mol. The number of benzene rings is 1. The fraction of sp³-hybridized carbons (Fsp3) is 0.385. The first-order valence-electron chi connectivity index (χ1n) is 5.39. The van der Waals surface area contributed by atoms with Gasteiger partial charge in [0, 0.05) is 17.1 Å². The fourth-order valence-corrected chi connectivity index (χ4v) is 2.48. The standard InChI is InChI=1S/C13H16BrN/c1-2-6-15-13-8-11(9-13)10-4-3-5-12(14)7-10/h2-5,7,11,13,15H,1,6,8-9H2. The lowest BCUT2D eigenvalue weighted by atomic mass is 9.76. The van der Waals surface area contributed by atoms with E-state index >= 15 is 0 Å². The van der Waals surface area contributed by atoms with Crippen molar-refractivity contribution >= 4 is 15.9 Å². The largest absolute Gasteiger partial charge is 0.310 e. The number of rotatable bonds is 4. The Bertz CT molecular complexity index is 342. The Labute approximate surface area is 99.7 Å². The summed E-state index contributed by atoms with van der Waals surface area (Å²) in [7, 11) is 0. The summed E-state index contributed by atoms with van der Waals surface area (Å²) >= 11 is 3.51. The second-order valence-corrected chi connectivity index (χ2v) is 5.03. The van der Waals surface area contributed by atoms with Gasteiger partial charge in [-0.25, -0.2) is 0 Å². The van der Waals surface area contributed by atoms with Gasteiger partial charge in [-0.2, -0.15) is 0 Å². The van der Waals surface area contributed by atoms with Gasteiger partial charge in [-0.05, 0) is 36.5 Å². The molecule has 0 radical (unpaired) electrons. The lowest BCUT2D eigenvalue weighted by Crippen LogP contribution is -2.40. The Balaban J connectivity index is 1.86. The molecule has 1 aliphatic carbocycles. The SMILES string of the molecule is C=CCNC1CC(c2cccc(Br)c2)C1. The number of hydrogen-bond donors (Lipinski definition) is 1. The molecule has 1 fully saturated rings. The van der Waals surface area contributed by atoms with Crippen LogP contribution in [0.1, 0.15) is 24.3 Å². The van der Waals surface area contributed by atoms with E-state index in [4.69, 9.17) is 0 Å². The smallest absolute Gasteiger partial charge is 0.0178 e. The molecule has 0 spiro atoms. The van der Waals surface area contributed by atoms with Gasteiger partial charge in [0.25, 0.3) is 0 Å². The molecule has 2 rings (SSSR count). The Kier molecular flexibility index (Phi) is 3.60. The van der Waals surface area contributed by atoms with E-state index in [1.165, 1.54) is 22.9 Å². The zero-order valence-corrected chi connectivity index (χ0v) is 10.3. The van der Waals surface area contributed by atoms with Crippen LogP contribution in [0.2, 0.25) is 0 Å². The van der Waals surface area contributed by atoms with E-state index in [0.29, 0.717) is 6.04 Å². The molecule has 1 nitrogen and oxygen atoms in total. The molecule has 1 saturated carbocycles. The van der Waals surface area contributed by atoms with E-state index in [0.717, 1.165) is 12.5 Å². The van der Waals surface area contributed by atoms with Crippen molar-refractivity contribution in [2.45, 2.75) is 24.8 Å². The highest BCUT2D eigenvalue weighted by Gasteiger charge is 2.29. The molecule has 1 aromatic rings. The van der Waals surface area contributed by atoms with E-state index in [1.54, 1.807) is 0 Å². The maximum atomic E-state index is 3.71. The van der Waals surface area contributed by atoms with Gasteiger partial charge >= 0.3 is 0 Å². The van der Waals surface area contributed by atoms with Gasteiger partial charge in [0.2, 0.25) is 0 Å². The van der Waals surface area contributed by atoms with Gasteiger partial charge in [-0.3, -0.25) is 0 Å². The molecule has 0 saturated heterocycles. The van der Waals surface area contributed by atoms with Crippen LogP contribution in [0.3, 0.4) is 0 Å². The highest BCUT2D eigenvalue weighted by molar-refractivity contribution is 9.10. The van der Waals surface area contributed by atoms with Crippen molar-refractivity contribution in [2.24, 2.45) is 0 Å². The lowest BCUT2D eigenvalue weighted by molar-refractivity contribution is 0.299. The van der Waals surface area contributed by atoms with Crippen LogP contribution in [0.5, 0.6) is 0 Å². The van der Waals surface area contributed by atoms with Gasteiger partial charge in [-0.15, -0.1) is 6.58 Å². The van der Waals surface area contributed by atoms with Gasteiger partial charge in [0.15, 0.2) is 0 Å². The molecule has 0 heterocycles. The molecule has 15 heavy (non-hydrogen) atoms. The van der Waals surface area contributed by atoms with Crippen LogP contribution in [0.15, 0.2) is 41.4 Å². The van der Waals surface area contributed by atoms with Crippen molar-refractivity contribution in [3.8, 4) is 0 Å². The van der Waals surface area contributed by atoms with E-state index in [-0.39, 0.29) is 0 Å². The molecule has 1 N–H and O–H groups in total. The number of nitrogens with one attached hydrogen (secondary N) is 1. The molecule has 0 bridgehead atoms. The average molecular weight is 266 g/mol. The molecule has 0 amide bonds. The molecule has 2 heteroatoms. The Hall–Kier alpha value is -0.600. The minimum Gasteiger partial charge on any atom is -0.310 e. The summed E-state index contributed by atoms with van der Waals surface area (Å²) in [6, 6.07) is 9.33. The highest BCUT2D eigenvalue weighted by Crippen LogP contribution is 2.37. The first-order valence-corrected chi connectivity index (χ1v) is 6.18. The summed E-state index contributed by atoms with van der Waals surface area (Å²) in [6.45, 7) is 4.64. The maximum absolute atomic E-state index is 3.71. The average Bonchev–Trinajstić information content (AvgIpc) is 2.16. The van der Waals surface area contributed by atoms with Crippen LogP contribution in [-0.2, 0) is 0 Å². The zero-order valence-electron chi connectivity index (χ0n) is 8.75. The molecule has 0 unspecified atom stereocenters. The Morgan fingerprint density at radius 2 is 2.27 bits per heavy atom. The lowest BCUT2D eigenvalue weighted by Gasteiger charge is -2.36. The highest BCUT2D eigenvalue weighted by atomic mass is 79.9. The van der Waals surface area contributed by atoms with Crippen LogP contribution in [0, 0.1) is 0 Å². The van der Waals surface area contributed by atoms with Crippen LogP contribution in [0.25, 0.3) is 0 Å². The summed E-state index contributed by atoms with van der Waals surface area (Å²) in [5.74, 6) is 0.741. The maximum Gasteiger partial charge on any atom is 0.0178 e. The van der Waals surface area contributed by atoms with E-state index in [1.807, 2.05) is 6.08 Å². The third kappa shape index (κ3) is 2.70. The van der Waals surface area contributed by atoms with E-state index in [2.05, 4.69) is 52.1 Å². The van der Waals surface area contributed by atoms with Gasteiger partial charge in [0.1, 0.15) is 0 Å². The number of hydrogen-bond acceptors (Lipinski definition) is 1. The minimum atomic E-state index is 0.687. The molecule has 0 aliphatic heterocycles. The molecule has 0 atom stereocenters. The normalized spacial score (nSPS) is 24.6. The van der Waals surface area contributed by atoms with Crippen LogP contribution in [-0.4, -0.2) is 12.6 Å². The summed E-state index contributed by atoms with van der Waals surface area (Å²) in [5.41, 5.74) is 1.46. The topological polar surface area (TPSA) is 12.0 Å². The van der Waals surface area contributed by atoms with Gasteiger partial charge in [0.05, 0.1) is 0 Å². The van der Waals surface area contributed by atoms with Crippen molar-refractivity contribution in [1.82, 2.24) is 5.32 Å². The minimum absolute atomic E-state index is 0.687. The summed E-state index contributed by atoms with van der Waals surface area (Å²) in [4.78, 5) is 0. The van der Waals surface area contributed by atoms with Crippen LogP contribution >= 0.6 is 15.9 Å². The predicted octanol–water partition coefficient (Wildman–Crippen LogP) is 3.47. The third-order valence-corrected chi connectivity index (χ3v) is 3.50. The van der Waals surface area contributed by atoms with Crippen molar-refractivity contribution in [1.29, 1.82) is 0 Å². The molecule has 0 aromatic heterocycles. The van der Waals surface area contributed by atoms with Crippen molar-refractivity contribution in [2.75, 3.05) is 6.54 Å². The Morgan fingerprint density at radius 3 is 2.93 bits per heavy atom. The predicted molar refractivity (Wildman–Crippen MR) is 68.1 cm³/mol. The van der Waals surface area contributed by atoms with E-state index < -0.39 is 0 Å². The van der Waals surface area contributed by atoms with Crippen molar-refractivity contribution < 1.29 is 0 Å². The third-order valence-electron chi connectivity index (χ3n) is 3.01. The summed E-state index contributed by atoms with van der Waals surface area (Å²) in [5, 5.41) is 3.45.